The molecular weight excluding hydrogens is 391 g/mol. The number of likely N-dealkylation sites (tertiary alicyclic amines) is 1. The zero-order chi connectivity index (χ0) is 21.3. The first kappa shape index (κ1) is 20.7. The van der Waals surface area contributed by atoms with Gasteiger partial charge in [0, 0.05) is 25.6 Å². The normalized spacial score (nSPS) is 28.8. The number of halogens is 3. The molecule has 4 nitrogen and oxygen atoms in total. The molecule has 158 valence electrons. The Bertz CT molecular complexity index is 911. The van der Waals surface area contributed by atoms with Gasteiger partial charge in [0.1, 0.15) is 17.7 Å². The van der Waals surface area contributed by atoms with Crippen LogP contribution < -0.4 is 10.5 Å². The van der Waals surface area contributed by atoms with Crippen molar-refractivity contribution in [2.75, 3.05) is 13.1 Å². The fraction of sp³-hybridized carbons (Fsp3) is 0.435. The summed E-state index contributed by atoms with van der Waals surface area (Å²) >= 11 is 0. The number of ether oxygens (including phenoxy) is 1. The molecule has 30 heavy (non-hydrogen) atoms. The predicted octanol–water partition coefficient (Wildman–Crippen LogP) is 4.06. The highest BCUT2D eigenvalue weighted by molar-refractivity contribution is 5.35. The third-order valence-electron chi connectivity index (χ3n) is 6.26. The van der Waals surface area contributed by atoms with Crippen molar-refractivity contribution in [2.45, 2.75) is 49.3 Å². The Morgan fingerprint density at radius 2 is 1.77 bits per heavy atom. The Labute approximate surface area is 174 Å². The van der Waals surface area contributed by atoms with E-state index in [9.17, 15) is 13.2 Å². The van der Waals surface area contributed by atoms with Crippen molar-refractivity contribution in [3.8, 4) is 11.8 Å². The van der Waals surface area contributed by atoms with Crippen LogP contribution in [0.15, 0.2) is 48.5 Å². The molecule has 2 N–H and O–H groups in total. The van der Waals surface area contributed by atoms with E-state index in [1.54, 1.807) is 36.4 Å². The van der Waals surface area contributed by atoms with Crippen LogP contribution in [0.2, 0.25) is 0 Å². The van der Waals surface area contributed by atoms with E-state index in [1.165, 1.54) is 12.1 Å². The summed E-state index contributed by atoms with van der Waals surface area (Å²) < 4.78 is 47.4. The van der Waals surface area contributed by atoms with Gasteiger partial charge in [-0.15, -0.1) is 0 Å². The molecular formula is C23H24F3N3O. The molecule has 1 saturated carbocycles. The van der Waals surface area contributed by atoms with Crippen molar-refractivity contribution < 1.29 is 17.9 Å². The Morgan fingerprint density at radius 1 is 1.07 bits per heavy atom. The van der Waals surface area contributed by atoms with E-state index < -0.39 is 12.0 Å². The number of hydrogen-bond donors (Lipinski definition) is 1. The van der Waals surface area contributed by atoms with Crippen molar-refractivity contribution in [1.29, 1.82) is 5.26 Å². The van der Waals surface area contributed by atoms with Crippen LogP contribution in [0, 0.1) is 17.1 Å². The first-order valence-electron chi connectivity index (χ1n) is 10.2. The molecule has 0 amide bonds. The van der Waals surface area contributed by atoms with E-state index in [2.05, 4.69) is 6.07 Å². The second-order valence-electron chi connectivity index (χ2n) is 8.19. The van der Waals surface area contributed by atoms with Gasteiger partial charge >= 0.3 is 0 Å². The molecule has 2 fully saturated rings. The minimum absolute atomic E-state index is 0.0714. The lowest BCUT2D eigenvalue weighted by atomic mass is 9.96. The van der Waals surface area contributed by atoms with Gasteiger partial charge in [-0.05, 0) is 60.7 Å². The van der Waals surface area contributed by atoms with E-state index in [-0.39, 0.29) is 43.4 Å². The van der Waals surface area contributed by atoms with Gasteiger partial charge in [0.25, 0.3) is 5.92 Å². The maximum Gasteiger partial charge on any atom is 0.265 e. The average molecular weight is 415 g/mol. The molecule has 2 aromatic rings. The fourth-order valence-electron chi connectivity index (χ4n) is 4.53. The van der Waals surface area contributed by atoms with Crippen molar-refractivity contribution >= 4 is 0 Å². The summed E-state index contributed by atoms with van der Waals surface area (Å²) in [6, 6.07) is 14.1. The first-order valence-corrected chi connectivity index (χ1v) is 10.2. The maximum absolute atomic E-state index is 13.9. The summed E-state index contributed by atoms with van der Waals surface area (Å²) in [6.45, 7) is 0.371. The summed E-state index contributed by atoms with van der Waals surface area (Å²) in [5, 5.41) is 8.98. The molecule has 1 aliphatic carbocycles. The molecule has 1 aliphatic heterocycles. The Kier molecular flexibility index (Phi) is 5.72. The third kappa shape index (κ3) is 4.30. The van der Waals surface area contributed by atoms with Crippen LogP contribution >= 0.6 is 0 Å². The van der Waals surface area contributed by atoms with E-state index in [0.717, 1.165) is 12.0 Å². The number of alkyl halides is 2. The second-order valence-corrected chi connectivity index (χ2v) is 8.19. The third-order valence-corrected chi connectivity index (χ3v) is 6.26. The predicted molar refractivity (Wildman–Crippen MR) is 107 cm³/mol. The molecule has 3 unspecified atom stereocenters. The number of hydrogen-bond acceptors (Lipinski definition) is 4. The van der Waals surface area contributed by atoms with Gasteiger partial charge < -0.3 is 10.5 Å². The van der Waals surface area contributed by atoms with Gasteiger partial charge in [-0.3, -0.25) is 4.90 Å². The Hall–Kier alpha value is -2.56. The molecule has 1 saturated heterocycles. The highest BCUT2D eigenvalue weighted by Crippen LogP contribution is 2.41. The standard InChI is InChI=1S/C23H24F3N3O/c24-18-5-3-16(4-6-18)17-11-20(29-10-9-23(25,26)22(28)14-29)21(12-17)30-19-7-1-15(13-27)2-8-19/h1-8,17,20-22H,9-12,14,28H2/t17?,20?,21?,22-/m0/s1. The number of nitrogens with two attached hydrogens (primary N) is 1. The summed E-state index contributed by atoms with van der Waals surface area (Å²) in [6.07, 6.45) is 0.936. The Balaban J connectivity index is 1.55. The molecule has 2 aliphatic rings. The van der Waals surface area contributed by atoms with Gasteiger partial charge in [0.2, 0.25) is 0 Å². The van der Waals surface area contributed by atoms with E-state index in [0.29, 0.717) is 17.7 Å². The molecule has 0 radical (unpaired) electrons. The molecule has 4 rings (SSSR count). The topological polar surface area (TPSA) is 62.3 Å². The summed E-state index contributed by atoms with van der Waals surface area (Å²) in [4.78, 5) is 2.01. The molecule has 7 heteroatoms. The fourth-order valence-corrected chi connectivity index (χ4v) is 4.53. The van der Waals surface area contributed by atoms with Crippen LogP contribution in [0.4, 0.5) is 13.2 Å². The van der Waals surface area contributed by atoms with E-state index in [4.69, 9.17) is 15.7 Å². The van der Waals surface area contributed by atoms with Crippen molar-refractivity contribution in [3.05, 3.63) is 65.5 Å². The summed E-state index contributed by atoms with van der Waals surface area (Å²) in [7, 11) is 0. The lowest BCUT2D eigenvalue weighted by molar-refractivity contribution is -0.0857. The van der Waals surface area contributed by atoms with Crippen molar-refractivity contribution in [3.63, 3.8) is 0 Å². The van der Waals surface area contributed by atoms with Crippen LogP contribution in [-0.4, -0.2) is 42.1 Å². The number of nitriles is 1. The van der Waals surface area contributed by atoms with E-state index in [1.807, 2.05) is 4.90 Å². The van der Waals surface area contributed by atoms with Gasteiger partial charge in [0.15, 0.2) is 0 Å². The highest BCUT2D eigenvalue weighted by atomic mass is 19.3. The van der Waals surface area contributed by atoms with Crippen LogP contribution in [0.5, 0.6) is 5.75 Å². The summed E-state index contributed by atoms with van der Waals surface area (Å²) in [5.74, 6) is -2.37. The molecule has 0 aromatic heterocycles. The van der Waals surface area contributed by atoms with Gasteiger partial charge in [-0.25, -0.2) is 13.2 Å². The smallest absolute Gasteiger partial charge is 0.265 e. The molecule has 2 aromatic carbocycles. The number of benzene rings is 2. The minimum atomic E-state index is -2.85. The van der Waals surface area contributed by atoms with Gasteiger partial charge in [0.05, 0.1) is 17.7 Å². The van der Waals surface area contributed by atoms with Crippen LogP contribution in [0.3, 0.4) is 0 Å². The molecule has 4 atom stereocenters. The van der Waals surface area contributed by atoms with Crippen LogP contribution in [0.1, 0.15) is 36.3 Å². The maximum atomic E-state index is 13.9. The number of nitrogens with zero attached hydrogens (tertiary/aromatic N) is 2. The van der Waals surface area contributed by atoms with Gasteiger partial charge in [-0.2, -0.15) is 5.26 Å². The van der Waals surface area contributed by atoms with Crippen molar-refractivity contribution in [2.24, 2.45) is 5.73 Å². The number of piperidine rings is 1. The average Bonchev–Trinajstić information content (AvgIpc) is 3.15. The SMILES string of the molecule is N#Cc1ccc(OC2CC(c3ccc(F)cc3)CC2N2CCC(F)(F)[C@@H](N)C2)cc1. The van der Waals surface area contributed by atoms with Gasteiger partial charge in [-0.1, -0.05) is 12.1 Å². The summed E-state index contributed by atoms with van der Waals surface area (Å²) in [5.41, 5.74) is 7.31. The first-order chi connectivity index (χ1) is 14.4. The monoisotopic (exact) mass is 415 g/mol. The lowest BCUT2D eigenvalue weighted by Gasteiger charge is -2.41. The number of rotatable bonds is 4. The zero-order valence-electron chi connectivity index (χ0n) is 16.5. The largest absolute Gasteiger partial charge is 0.489 e. The zero-order valence-corrected chi connectivity index (χ0v) is 16.5. The molecule has 0 spiro atoms. The van der Waals surface area contributed by atoms with Crippen LogP contribution in [0.25, 0.3) is 0 Å². The highest BCUT2D eigenvalue weighted by Gasteiger charge is 2.47. The molecule has 0 bridgehead atoms. The lowest BCUT2D eigenvalue weighted by Crippen LogP contribution is -2.59. The van der Waals surface area contributed by atoms with Crippen molar-refractivity contribution in [1.82, 2.24) is 4.90 Å². The Morgan fingerprint density at radius 3 is 2.40 bits per heavy atom. The quantitative estimate of drug-likeness (QED) is 0.818. The minimum Gasteiger partial charge on any atom is -0.489 e. The van der Waals surface area contributed by atoms with E-state index >= 15 is 0 Å². The second kappa shape index (κ2) is 8.29. The molecule has 1 heterocycles. The van der Waals surface area contributed by atoms with Crippen LogP contribution in [-0.2, 0) is 0 Å².